The number of urea groups is 1. The molecule has 3 aromatic carbocycles. The number of rotatable bonds is 8. The van der Waals surface area contributed by atoms with Gasteiger partial charge < -0.3 is 9.47 Å². The van der Waals surface area contributed by atoms with Crippen molar-refractivity contribution in [2.45, 2.75) is 20.5 Å². The fraction of sp³-hybridized carbons (Fsp3) is 0.148. The molecule has 1 N–H and O–H groups in total. The van der Waals surface area contributed by atoms with Crippen LogP contribution in [0.4, 0.5) is 16.2 Å². The fourth-order valence-electron chi connectivity index (χ4n) is 3.90. The summed E-state index contributed by atoms with van der Waals surface area (Å²) in [5, 5.41) is 13.3. The van der Waals surface area contributed by atoms with Crippen molar-refractivity contribution in [3.8, 4) is 11.5 Å². The van der Waals surface area contributed by atoms with Gasteiger partial charge in [0, 0.05) is 16.6 Å². The van der Waals surface area contributed by atoms with Gasteiger partial charge in [-0.2, -0.15) is 0 Å². The zero-order valence-corrected chi connectivity index (χ0v) is 24.4. The summed E-state index contributed by atoms with van der Waals surface area (Å²) in [4.78, 5) is 50.1. The number of ether oxygens (including phenoxy) is 2. The summed E-state index contributed by atoms with van der Waals surface area (Å²) in [5.74, 6) is -0.794. The molecule has 4 amide bonds. The highest BCUT2D eigenvalue weighted by molar-refractivity contribution is 14.1. The second-order valence-electron chi connectivity index (χ2n) is 8.37. The molecule has 0 aromatic heterocycles. The molecule has 3 aromatic rings. The van der Waals surface area contributed by atoms with Crippen molar-refractivity contribution >= 4 is 73.8 Å². The minimum absolute atomic E-state index is 0.0425. The Morgan fingerprint density at radius 1 is 1.10 bits per heavy atom. The Hall–Kier alpha value is -3.78. The third-order valence-corrected chi connectivity index (χ3v) is 6.94. The highest BCUT2D eigenvalue weighted by atomic mass is 127. The number of hydrogen-bond acceptors (Lipinski definition) is 7. The number of non-ortho nitro benzene ring substituents is 1. The quantitative estimate of drug-likeness (QED) is 0.101. The summed E-state index contributed by atoms with van der Waals surface area (Å²) in [7, 11) is 0. The van der Waals surface area contributed by atoms with Crippen LogP contribution in [0.15, 0.2) is 64.6 Å². The molecule has 0 unspecified atom stereocenters. The maximum atomic E-state index is 13.3. The van der Waals surface area contributed by atoms with Gasteiger partial charge in [0.15, 0.2) is 11.5 Å². The van der Waals surface area contributed by atoms with Crippen LogP contribution >= 0.6 is 38.5 Å². The number of halogens is 2. The molecule has 12 heteroatoms. The normalized spacial score (nSPS) is 14.4. The molecule has 1 heterocycles. The molecule has 1 saturated heterocycles. The second-order valence-corrected chi connectivity index (χ2v) is 10.4. The number of nitrogens with zero attached hydrogens (tertiary/aromatic N) is 2. The molecular formula is C27H21BrIN3O7. The van der Waals surface area contributed by atoms with Gasteiger partial charge in [-0.1, -0.05) is 28.1 Å². The SMILES string of the molecule is CCOc1cc(/C=C2/C(=O)NC(=O)N(c3ccc(Br)cc3C)C2=O)cc(I)c1OCc1cccc([N+](=O)[O-])c1. The van der Waals surface area contributed by atoms with Crippen LogP contribution in [-0.2, 0) is 16.2 Å². The van der Waals surface area contributed by atoms with Crippen LogP contribution in [0.1, 0.15) is 23.6 Å². The number of imide groups is 2. The predicted molar refractivity (Wildman–Crippen MR) is 156 cm³/mol. The topological polar surface area (TPSA) is 128 Å². The smallest absolute Gasteiger partial charge is 0.335 e. The van der Waals surface area contributed by atoms with Crippen molar-refractivity contribution in [1.82, 2.24) is 5.32 Å². The predicted octanol–water partition coefficient (Wildman–Crippen LogP) is 5.91. The first-order valence-corrected chi connectivity index (χ1v) is 13.5. The minimum Gasteiger partial charge on any atom is -0.490 e. The van der Waals surface area contributed by atoms with E-state index < -0.39 is 22.8 Å². The Morgan fingerprint density at radius 3 is 2.56 bits per heavy atom. The Labute approximate surface area is 245 Å². The van der Waals surface area contributed by atoms with Crippen LogP contribution in [0.25, 0.3) is 6.08 Å². The van der Waals surface area contributed by atoms with Gasteiger partial charge >= 0.3 is 6.03 Å². The number of carbonyl (C=O) groups excluding carboxylic acids is 3. The van der Waals surface area contributed by atoms with Crippen LogP contribution in [-0.4, -0.2) is 29.4 Å². The molecule has 0 radical (unpaired) electrons. The standard InChI is InChI=1S/C27H21BrIN3O7/c1-3-38-23-13-17(12-21(29)24(23)39-14-16-5-4-6-19(10-16)32(36)37)11-20-25(33)30-27(35)31(26(20)34)22-8-7-18(28)9-15(22)2/h4-13H,3,14H2,1-2H3,(H,30,33,35)/b20-11-. The number of nitrogens with one attached hydrogen (secondary N) is 1. The number of amides is 4. The highest BCUT2D eigenvalue weighted by Gasteiger charge is 2.37. The summed E-state index contributed by atoms with van der Waals surface area (Å²) in [6.45, 7) is 3.92. The van der Waals surface area contributed by atoms with Crippen molar-refractivity contribution in [3.63, 3.8) is 0 Å². The Kier molecular flexibility index (Phi) is 8.65. The van der Waals surface area contributed by atoms with Crippen LogP contribution in [0.2, 0.25) is 0 Å². The molecule has 0 saturated carbocycles. The van der Waals surface area contributed by atoms with E-state index in [1.165, 1.54) is 18.2 Å². The van der Waals surface area contributed by atoms with E-state index in [1.807, 2.05) is 22.6 Å². The Balaban J connectivity index is 1.66. The van der Waals surface area contributed by atoms with E-state index in [-0.39, 0.29) is 17.9 Å². The average molecular weight is 706 g/mol. The number of aryl methyl sites for hydroxylation is 1. The zero-order valence-electron chi connectivity index (χ0n) is 20.7. The number of nitro benzene ring substituents is 1. The summed E-state index contributed by atoms with van der Waals surface area (Å²) in [5.41, 5.74) is 1.84. The molecule has 1 aliphatic heterocycles. The van der Waals surface area contributed by atoms with Crippen molar-refractivity contribution in [2.24, 2.45) is 0 Å². The van der Waals surface area contributed by atoms with Crippen LogP contribution in [0, 0.1) is 20.6 Å². The number of nitro groups is 1. The largest absolute Gasteiger partial charge is 0.490 e. The van der Waals surface area contributed by atoms with Gasteiger partial charge in [0.25, 0.3) is 17.5 Å². The molecule has 4 rings (SSSR count). The van der Waals surface area contributed by atoms with E-state index in [4.69, 9.17) is 9.47 Å². The molecule has 10 nitrogen and oxygen atoms in total. The van der Waals surface area contributed by atoms with E-state index >= 15 is 0 Å². The lowest BCUT2D eigenvalue weighted by Gasteiger charge is -2.27. The molecule has 200 valence electrons. The first-order valence-electron chi connectivity index (χ1n) is 11.6. The van der Waals surface area contributed by atoms with Gasteiger partial charge in [0.1, 0.15) is 12.2 Å². The molecule has 1 fully saturated rings. The van der Waals surface area contributed by atoms with Crippen LogP contribution in [0.3, 0.4) is 0 Å². The van der Waals surface area contributed by atoms with Crippen LogP contribution in [0.5, 0.6) is 11.5 Å². The molecule has 39 heavy (non-hydrogen) atoms. The lowest BCUT2D eigenvalue weighted by molar-refractivity contribution is -0.384. The number of anilines is 1. The van der Waals surface area contributed by atoms with Gasteiger partial charge in [-0.15, -0.1) is 0 Å². The molecule has 0 aliphatic carbocycles. The van der Waals surface area contributed by atoms with Crippen molar-refractivity contribution in [2.75, 3.05) is 11.5 Å². The van der Waals surface area contributed by atoms with Gasteiger partial charge in [0.05, 0.1) is 20.8 Å². The van der Waals surface area contributed by atoms with Crippen molar-refractivity contribution in [1.29, 1.82) is 0 Å². The lowest BCUT2D eigenvalue weighted by atomic mass is 10.1. The third kappa shape index (κ3) is 6.28. The van der Waals surface area contributed by atoms with Crippen molar-refractivity contribution in [3.05, 3.63) is 95.0 Å². The number of benzene rings is 3. The summed E-state index contributed by atoms with van der Waals surface area (Å²) < 4.78 is 13.1. The summed E-state index contributed by atoms with van der Waals surface area (Å²) >= 11 is 5.41. The maximum absolute atomic E-state index is 13.3. The number of barbiturate groups is 1. The third-order valence-electron chi connectivity index (χ3n) is 5.65. The summed E-state index contributed by atoms with van der Waals surface area (Å²) in [6, 6.07) is 13.7. The van der Waals surface area contributed by atoms with Crippen LogP contribution < -0.4 is 19.7 Å². The van der Waals surface area contributed by atoms with E-state index in [2.05, 4.69) is 21.2 Å². The van der Waals surface area contributed by atoms with E-state index in [0.717, 1.165) is 9.37 Å². The molecule has 0 atom stereocenters. The first kappa shape index (κ1) is 28.2. The van der Waals surface area contributed by atoms with Gasteiger partial charge in [-0.25, -0.2) is 9.69 Å². The first-order chi connectivity index (χ1) is 18.6. The fourth-order valence-corrected chi connectivity index (χ4v) is 5.16. The molecule has 0 spiro atoms. The minimum atomic E-state index is -0.831. The van der Waals surface area contributed by atoms with Gasteiger partial charge in [-0.3, -0.25) is 25.0 Å². The van der Waals surface area contributed by atoms with Gasteiger partial charge in [-0.05, 0) is 89.5 Å². The Morgan fingerprint density at radius 2 is 1.87 bits per heavy atom. The maximum Gasteiger partial charge on any atom is 0.335 e. The lowest BCUT2D eigenvalue weighted by Crippen LogP contribution is -2.54. The van der Waals surface area contributed by atoms with Crippen molar-refractivity contribution < 1.29 is 28.8 Å². The molecule has 0 bridgehead atoms. The molecular weight excluding hydrogens is 685 g/mol. The number of hydrogen-bond donors (Lipinski definition) is 1. The summed E-state index contributed by atoms with van der Waals surface area (Å²) in [6.07, 6.45) is 1.39. The Bertz CT molecular complexity index is 1540. The monoisotopic (exact) mass is 705 g/mol. The zero-order chi connectivity index (χ0) is 28.3. The highest BCUT2D eigenvalue weighted by Crippen LogP contribution is 2.36. The number of carbonyl (C=O) groups is 3. The van der Waals surface area contributed by atoms with Gasteiger partial charge in [0.2, 0.25) is 0 Å². The second kappa shape index (κ2) is 11.9. The molecule has 1 aliphatic rings. The average Bonchev–Trinajstić information content (AvgIpc) is 2.87. The van der Waals surface area contributed by atoms with E-state index in [0.29, 0.717) is 44.1 Å². The van der Waals surface area contributed by atoms with E-state index in [9.17, 15) is 24.5 Å². The van der Waals surface area contributed by atoms with E-state index in [1.54, 1.807) is 56.3 Å².